The Hall–Kier alpha value is -1.68. The summed E-state index contributed by atoms with van der Waals surface area (Å²) in [6.07, 6.45) is 4.36. The fourth-order valence-corrected chi connectivity index (χ4v) is 1.96. The fourth-order valence-electron chi connectivity index (χ4n) is 1.96. The lowest BCUT2D eigenvalue weighted by Crippen LogP contribution is -2.32. The van der Waals surface area contributed by atoms with Gasteiger partial charge in [0.1, 0.15) is 5.82 Å². The molecule has 0 fully saturated rings. The summed E-state index contributed by atoms with van der Waals surface area (Å²) in [7, 11) is 0. The van der Waals surface area contributed by atoms with Crippen LogP contribution >= 0.6 is 0 Å². The zero-order chi connectivity index (χ0) is 12.3. The number of nitrogens with two attached hydrogens (primary N) is 1. The van der Waals surface area contributed by atoms with Crippen LogP contribution in [0.5, 0.6) is 0 Å². The molecule has 0 aliphatic carbocycles. The smallest absolute Gasteiger partial charge is 0.123 e. The molecule has 2 rings (SSSR count). The summed E-state index contributed by atoms with van der Waals surface area (Å²) in [5.41, 5.74) is 6.96. The summed E-state index contributed by atoms with van der Waals surface area (Å²) in [5, 5.41) is 4.21. The van der Waals surface area contributed by atoms with Crippen molar-refractivity contribution in [3.8, 4) is 0 Å². The minimum atomic E-state index is -0.247. The van der Waals surface area contributed by atoms with Gasteiger partial charge in [-0.05, 0) is 30.2 Å². The van der Waals surface area contributed by atoms with Crippen LogP contribution in [0.15, 0.2) is 42.7 Å². The highest BCUT2D eigenvalue weighted by Crippen LogP contribution is 2.22. The van der Waals surface area contributed by atoms with Gasteiger partial charge >= 0.3 is 0 Å². The van der Waals surface area contributed by atoms with Crippen molar-refractivity contribution in [2.75, 3.05) is 0 Å². The van der Waals surface area contributed by atoms with Crippen LogP contribution in [0.1, 0.15) is 24.9 Å². The van der Waals surface area contributed by atoms with E-state index in [2.05, 4.69) is 5.10 Å². The minimum Gasteiger partial charge on any atom is -0.326 e. The number of rotatable bonds is 4. The van der Waals surface area contributed by atoms with Gasteiger partial charge < -0.3 is 5.73 Å². The van der Waals surface area contributed by atoms with Crippen LogP contribution in [0.3, 0.4) is 0 Å². The Morgan fingerprint density at radius 1 is 1.41 bits per heavy atom. The Balaban J connectivity index is 2.40. The van der Waals surface area contributed by atoms with Gasteiger partial charge in [0.05, 0.1) is 6.04 Å². The van der Waals surface area contributed by atoms with E-state index in [9.17, 15) is 4.39 Å². The molecule has 0 aliphatic heterocycles. The SMILES string of the molecule is CCC(N)C(c1cccc(F)c1)n1cccn1. The van der Waals surface area contributed by atoms with E-state index in [1.807, 2.05) is 25.3 Å². The molecular weight excluding hydrogens is 217 g/mol. The lowest BCUT2D eigenvalue weighted by molar-refractivity contribution is 0.422. The first-order valence-electron chi connectivity index (χ1n) is 5.72. The molecule has 2 atom stereocenters. The molecule has 0 bridgehead atoms. The molecule has 17 heavy (non-hydrogen) atoms. The van der Waals surface area contributed by atoms with Gasteiger partial charge in [-0.25, -0.2) is 4.39 Å². The van der Waals surface area contributed by atoms with Crippen LogP contribution in [0.25, 0.3) is 0 Å². The maximum absolute atomic E-state index is 13.3. The molecule has 4 heteroatoms. The quantitative estimate of drug-likeness (QED) is 0.881. The summed E-state index contributed by atoms with van der Waals surface area (Å²) in [6.45, 7) is 2.01. The summed E-state index contributed by atoms with van der Waals surface area (Å²) in [4.78, 5) is 0. The van der Waals surface area contributed by atoms with Gasteiger partial charge in [-0.2, -0.15) is 5.10 Å². The standard InChI is InChI=1S/C13H16FN3/c1-2-12(15)13(17-8-4-7-16-17)10-5-3-6-11(14)9-10/h3-9,12-13H,2,15H2,1H3. The summed E-state index contributed by atoms with van der Waals surface area (Å²) >= 11 is 0. The van der Waals surface area contributed by atoms with Crippen LogP contribution in [-0.2, 0) is 0 Å². The van der Waals surface area contributed by atoms with Gasteiger partial charge in [0.25, 0.3) is 0 Å². The second kappa shape index (κ2) is 5.10. The summed E-state index contributed by atoms with van der Waals surface area (Å²) in [6, 6.07) is 8.16. The first kappa shape index (κ1) is 11.8. The molecule has 2 N–H and O–H groups in total. The van der Waals surface area contributed by atoms with Crippen molar-refractivity contribution in [3.63, 3.8) is 0 Å². The molecule has 0 radical (unpaired) electrons. The lowest BCUT2D eigenvalue weighted by Gasteiger charge is -2.23. The molecule has 90 valence electrons. The van der Waals surface area contributed by atoms with Gasteiger partial charge in [-0.3, -0.25) is 4.68 Å². The molecule has 2 unspecified atom stereocenters. The Labute approximate surface area is 100 Å². The monoisotopic (exact) mass is 233 g/mol. The number of hydrogen-bond donors (Lipinski definition) is 1. The summed E-state index contributed by atoms with van der Waals surface area (Å²) in [5.74, 6) is -0.247. The van der Waals surface area contributed by atoms with E-state index < -0.39 is 0 Å². The van der Waals surface area contributed by atoms with Gasteiger partial charge in [0.2, 0.25) is 0 Å². The van der Waals surface area contributed by atoms with E-state index in [1.54, 1.807) is 16.9 Å². The predicted octanol–water partition coefficient (Wildman–Crippen LogP) is 2.35. The van der Waals surface area contributed by atoms with Crippen molar-refractivity contribution in [3.05, 3.63) is 54.1 Å². The van der Waals surface area contributed by atoms with Crippen LogP contribution in [0.4, 0.5) is 4.39 Å². The molecule has 0 saturated heterocycles. The fraction of sp³-hybridized carbons (Fsp3) is 0.308. The number of halogens is 1. The molecule has 3 nitrogen and oxygen atoms in total. The third-order valence-corrected chi connectivity index (χ3v) is 2.88. The second-order valence-electron chi connectivity index (χ2n) is 4.06. The third-order valence-electron chi connectivity index (χ3n) is 2.88. The molecular formula is C13H16FN3. The van der Waals surface area contributed by atoms with E-state index in [0.29, 0.717) is 0 Å². The van der Waals surface area contributed by atoms with Crippen molar-refractivity contribution in [1.29, 1.82) is 0 Å². The molecule has 1 aromatic heterocycles. The van der Waals surface area contributed by atoms with E-state index in [0.717, 1.165) is 12.0 Å². The summed E-state index contributed by atoms with van der Waals surface area (Å²) < 4.78 is 15.0. The van der Waals surface area contributed by atoms with E-state index >= 15 is 0 Å². The zero-order valence-electron chi connectivity index (χ0n) is 9.75. The highest BCUT2D eigenvalue weighted by Gasteiger charge is 2.20. The van der Waals surface area contributed by atoms with Crippen molar-refractivity contribution >= 4 is 0 Å². The van der Waals surface area contributed by atoms with E-state index in [4.69, 9.17) is 5.73 Å². The van der Waals surface area contributed by atoms with Crippen molar-refractivity contribution in [1.82, 2.24) is 9.78 Å². The van der Waals surface area contributed by atoms with Crippen LogP contribution in [0, 0.1) is 5.82 Å². The van der Waals surface area contributed by atoms with Gasteiger partial charge in [-0.15, -0.1) is 0 Å². The number of nitrogens with zero attached hydrogens (tertiary/aromatic N) is 2. The molecule has 0 amide bonds. The second-order valence-corrected chi connectivity index (χ2v) is 4.06. The largest absolute Gasteiger partial charge is 0.326 e. The average molecular weight is 233 g/mol. The number of benzene rings is 1. The van der Waals surface area contributed by atoms with E-state index in [1.165, 1.54) is 12.1 Å². The van der Waals surface area contributed by atoms with Crippen molar-refractivity contribution in [2.45, 2.75) is 25.4 Å². The van der Waals surface area contributed by atoms with Crippen LogP contribution < -0.4 is 5.73 Å². The van der Waals surface area contributed by atoms with Gasteiger partial charge in [0.15, 0.2) is 0 Å². The normalized spacial score (nSPS) is 14.5. The molecule has 0 spiro atoms. The molecule has 0 aliphatic rings. The number of aromatic nitrogens is 2. The maximum Gasteiger partial charge on any atom is 0.123 e. The Bertz CT molecular complexity index is 467. The van der Waals surface area contributed by atoms with Crippen LogP contribution in [0.2, 0.25) is 0 Å². The molecule has 1 aromatic carbocycles. The first-order valence-corrected chi connectivity index (χ1v) is 5.72. The highest BCUT2D eigenvalue weighted by molar-refractivity contribution is 5.22. The Kier molecular flexibility index (Phi) is 3.54. The lowest BCUT2D eigenvalue weighted by atomic mass is 9.98. The number of hydrogen-bond acceptors (Lipinski definition) is 2. The van der Waals surface area contributed by atoms with Gasteiger partial charge in [-0.1, -0.05) is 19.1 Å². The maximum atomic E-state index is 13.3. The Morgan fingerprint density at radius 2 is 2.24 bits per heavy atom. The minimum absolute atomic E-state index is 0.0864. The van der Waals surface area contributed by atoms with E-state index in [-0.39, 0.29) is 17.9 Å². The van der Waals surface area contributed by atoms with Crippen molar-refractivity contribution in [2.24, 2.45) is 5.73 Å². The third kappa shape index (κ3) is 2.53. The Morgan fingerprint density at radius 3 is 2.82 bits per heavy atom. The zero-order valence-corrected chi connectivity index (χ0v) is 9.75. The predicted molar refractivity (Wildman–Crippen MR) is 65.0 cm³/mol. The van der Waals surface area contributed by atoms with Crippen molar-refractivity contribution < 1.29 is 4.39 Å². The average Bonchev–Trinajstić information content (AvgIpc) is 2.83. The highest BCUT2D eigenvalue weighted by atomic mass is 19.1. The molecule has 2 aromatic rings. The van der Waals surface area contributed by atoms with Gasteiger partial charge in [0, 0.05) is 18.4 Å². The first-order chi connectivity index (χ1) is 8.22. The topological polar surface area (TPSA) is 43.8 Å². The van der Waals surface area contributed by atoms with Crippen LogP contribution in [-0.4, -0.2) is 15.8 Å². The molecule has 1 heterocycles. The molecule has 0 saturated carbocycles.